The quantitative estimate of drug-likeness (QED) is 0.683. The van der Waals surface area contributed by atoms with Crippen molar-refractivity contribution in [1.82, 2.24) is 0 Å². The van der Waals surface area contributed by atoms with Crippen molar-refractivity contribution in [3.05, 3.63) is 34.6 Å². The van der Waals surface area contributed by atoms with Crippen molar-refractivity contribution in [1.29, 1.82) is 0 Å². The summed E-state index contributed by atoms with van der Waals surface area (Å²) in [5.41, 5.74) is 2.18. The number of aliphatic hydroxyl groups is 1. The fourth-order valence-electron chi connectivity index (χ4n) is 1.25. The zero-order valence-corrected chi connectivity index (χ0v) is 7.56. The van der Waals surface area contributed by atoms with E-state index in [9.17, 15) is 9.50 Å². The summed E-state index contributed by atoms with van der Waals surface area (Å²) in [6.45, 7) is 5.17. The lowest BCUT2D eigenvalue weighted by Gasteiger charge is -2.10. The van der Waals surface area contributed by atoms with Crippen LogP contribution in [-0.2, 0) is 0 Å². The molecule has 0 radical (unpaired) electrons. The number of benzene rings is 1. The predicted molar refractivity (Wildman–Crippen MR) is 46.5 cm³/mol. The van der Waals surface area contributed by atoms with Crippen LogP contribution >= 0.6 is 0 Å². The smallest absolute Gasteiger partial charge is 0.126 e. The molecule has 0 heterocycles. The summed E-state index contributed by atoms with van der Waals surface area (Å²) in [6.07, 6.45) is -0.524. The van der Waals surface area contributed by atoms with E-state index in [4.69, 9.17) is 0 Å². The maximum atomic E-state index is 12.9. The van der Waals surface area contributed by atoms with E-state index in [1.54, 1.807) is 26.8 Å². The SMILES string of the molecule is Cc1cc(C(C)O)c(C)cc1F. The van der Waals surface area contributed by atoms with Gasteiger partial charge in [-0.05, 0) is 43.5 Å². The zero-order chi connectivity index (χ0) is 9.30. The first-order chi connectivity index (χ1) is 5.52. The van der Waals surface area contributed by atoms with Crippen LogP contribution in [0, 0.1) is 19.7 Å². The first-order valence-corrected chi connectivity index (χ1v) is 3.97. The van der Waals surface area contributed by atoms with E-state index in [0.717, 1.165) is 11.1 Å². The number of rotatable bonds is 1. The molecule has 1 nitrogen and oxygen atoms in total. The minimum absolute atomic E-state index is 0.211. The van der Waals surface area contributed by atoms with Gasteiger partial charge in [0.25, 0.3) is 0 Å². The van der Waals surface area contributed by atoms with Crippen LogP contribution in [0.1, 0.15) is 29.7 Å². The van der Waals surface area contributed by atoms with E-state index in [0.29, 0.717) is 5.56 Å². The molecule has 1 N–H and O–H groups in total. The van der Waals surface area contributed by atoms with E-state index >= 15 is 0 Å². The van der Waals surface area contributed by atoms with E-state index < -0.39 is 6.10 Å². The predicted octanol–water partition coefficient (Wildman–Crippen LogP) is 2.50. The lowest BCUT2D eigenvalue weighted by atomic mass is 10.0. The van der Waals surface area contributed by atoms with Crippen LogP contribution < -0.4 is 0 Å². The molecule has 0 saturated heterocycles. The lowest BCUT2D eigenvalue weighted by Crippen LogP contribution is -1.97. The standard InChI is InChI=1S/C10H13FO/c1-6-5-10(11)7(2)4-9(6)8(3)12/h4-5,8,12H,1-3H3. The highest BCUT2D eigenvalue weighted by Crippen LogP contribution is 2.20. The number of aryl methyl sites for hydroxylation is 2. The van der Waals surface area contributed by atoms with Crippen molar-refractivity contribution >= 4 is 0 Å². The number of hydrogen-bond acceptors (Lipinski definition) is 1. The van der Waals surface area contributed by atoms with Crippen LogP contribution in [0.15, 0.2) is 12.1 Å². The van der Waals surface area contributed by atoms with Gasteiger partial charge in [0.05, 0.1) is 6.10 Å². The molecule has 0 aliphatic carbocycles. The highest BCUT2D eigenvalue weighted by Gasteiger charge is 2.07. The minimum atomic E-state index is -0.524. The van der Waals surface area contributed by atoms with Gasteiger partial charge in [-0.25, -0.2) is 4.39 Å². The van der Waals surface area contributed by atoms with Crippen LogP contribution in [-0.4, -0.2) is 5.11 Å². The molecule has 0 amide bonds. The molecular formula is C10H13FO. The fourth-order valence-corrected chi connectivity index (χ4v) is 1.25. The Bertz CT molecular complexity index is 292. The van der Waals surface area contributed by atoms with Crippen molar-refractivity contribution in [3.8, 4) is 0 Å². The summed E-state index contributed by atoms with van der Waals surface area (Å²) in [6, 6.07) is 3.15. The molecule has 0 aliphatic rings. The first kappa shape index (κ1) is 9.20. The average molecular weight is 168 g/mol. The summed E-state index contributed by atoms with van der Waals surface area (Å²) >= 11 is 0. The zero-order valence-electron chi connectivity index (χ0n) is 7.56. The average Bonchev–Trinajstić information content (AvgIpc) is 1.96. The third-order valence-corrected chi connectivity index (χ3v) is 2.00. The van der Waals surface area contributed by atoms with Gasteiger partial charge in [-0.2, -0.15) is 0 Å². The van der Waals surface area contributed by atoms with Gasteiger partial charge in [0.15, 0.2) is 0 Å². The van der Waals surface area contributed by atoms with Crippen LogP contribution in [0.25, 0.3) is 0 Å². The summed E-state index contributed by atoms with van der Waals surface area (Å²) in [5, 5.41) is 9.30. The second kappa shape index (κ2) is 3.23. The van der Waals surface area contributed by atoms with Crippen LogP contribution in [0.2, 0.25) is 0 Å². The Hall–Kier alpha value is -0.890. The molecule has 1 unspecified atom stereocenters. The summed E-state index contributed by atoms with van der Waals surface area (Å²) in [4.78, 5) is 0. The van der Waals surface area contributed by atoms with E-state index in [1.807, 2.05) is 0 Å². The summed E-state index contributed by atoms with van der Waals surface area (Å²) in [7, 11) is 0. The molecular weight excluding hydrogens is 155 g/mol. The second-order valence-electron chi connectivity index (χ2n) is 3.13. The van der Waals surface area contributed by atoms with Crippen LogP contribution in [0.4, 0.5) is 4.39 Å². The number of halogens is 1. The molecule has 0 aromatic heterocycles. The van der Waals surface area contributed by atoms with Crippen molar-refractivity contribution in [2.75, 3.05) is 0 Å². The Morgan fingerprint density at radius 2 is 1.83 bits per heavy atom. The molecule has 12 heavy (non-hydrogen) atoms. The van der Waals surface area contributed by atoms with Crippen molar-refractivity contribution in [2.24, 2.45) is 0 Å². The van der Waals surface area contributed by atoms with E-state index in [1.165, 1.54) is 6.07 Å². The molecule has 66 valence electrons. The monoisotopic (exact) mass is 168 g/mol. The minimum Gasteiger partial charge on any atom is -0.389 e. The van der Waals surface area contributed by atoms with Crippen LogP contribution in [0.5, 0.6) is 0 Å². The van der Waals surface area contributed by atoms with Crippen molar-refractivity contribution in [3.63, 3.8) is 0 Å². The highest BCUT2D eigenvalue weighted by molar-refractivity contribution is 5.32. The lowest BCUT2D eigenvalue weighted by molar-refractivity contribution is 0.198. The van der Waals surface area contributed by atoms with E-state index in [-0.39, 0.29) is 5.82 Å². The molecule has 1 aromatic carbocycles. The Morgan fingerprint density at radius 1 is 1.25 bits per heavy atom. The topological polar surface area (TPSA) is 20.2 Å². The number of aliphatic hydroxyl groups excluding tert-OH is 1. The Labute approximate surface area is 71.9 Å². The Balaban J connectivity index is 3.23. The molecule has 2 heteroatoms. The summed E-state index contributed by atoms with van der Waals surface area (Å²) in [5.74, 6) is -0.211. The largest absolute Gasteiger partial charge is 0.389 e. The Kier molecular flexibility index (Phi) is 2.48. The maximum absolute atomic E-state index is 12.9. The molecule has 1 aromatic rings. The Morgan fingerprint density at radius 3 is 2.33 bits per heavy atom. The second-order valence-corrected chi connectivity index (χ2v) is 3.13. The third kappa shape index (κ3) is 1.64. The van der Waals surface area contributed by atoms with Crippen molar-refractivity contribution < 1.29 is 9.50 Å². The molecule has 0 fully saturated rings. The first-order valence-electron chi connectivity index (χ1n) is 3.97. The fraction of sp³-hybridized carbons (Fsp3) is 0.400. The molecule has 1 atom stereocenters. The van der Waals surface area contributed by atoms with Gasteiger partial charge < -0.3 is 5.11 Å². The van der Waals surface area contributed by atoms with Gasteiger partial charge >= 0.3 is 0 Å². The highest BCUT2D eigenvalue weighted by atomic mass is 19.1. The normalized spacial score (nSPS) is 13.1. The summed E-state index contributed by atoms with van der Waals surface area (Å²) < 4.78 is 12.9. The van der Waals surface area contributed by atoms with Gasteiger partial charge in [0.2, 0.25) is 0 Å². The number of hydrogen-bond donors (Lipinski definition) is 1. The molecule has 0 aliphatic heterocycles. The van der Waals surface area contributed by atoms with Gasteiger partial charge in [0.1, 0.15) is 5.82 Å². The third-order valence-electron chi connectivity index (χ3n) is 2.00. The van der Waals surface area contributed by atoms with Gasteiger partial charge in [-0.1, -0.05) is 6.07 Å². The molecule has 0 bridgehead atoms. The van der Waals surface area contributed by atoms with E-state index in [2.05, 4.69) is 0 Å². The van der Waals surface area contributed by atoms with Crippen molar-refractivity contribution in [2.45, 2.75) is 26.9 Å². The molecule has 1 rings (SSSR count). The van der Waals surface area contributed by atoms with Gasteiger partial charge in [-0.15, -0.1) is 0 Å². The van der Waals surface area contributed by atoms with Crippen LogP contribution in [0.3, 0.4) is 0 Å². The molecule has 0 saturated carbocycles. The van der Waals surface area contributed by atoms with Gasteiger partial charge in [0, 0.05) is 0 Å². The molecule has 0 spiro atoms. The van der Waals surface area contributed by atoms with Gasteiger partial charge in [-0.3, -0.25) is 0 Å². The maximum Gasteiger partial charge on any atom is 0.126 e.